The predicted octanol–water partition coefficient (Wildman–Crippen LogP) is 4.33. The van der Waals surface area contributed by atoms with Gasteiger partial charge in [-0.25, -0.2) is 0 Å². The molecule has 0 atom stereocenters. The molecule has 8 nitrogen and oxygen atoms in total. The molecule has 3 N–H and O–H groups in total. The van der Waals surface area contributed by atoms with E-state index in [2.05, 4.69) is 21.2 Å². The molecule has 2 saturated carbocycles. The van der Waals surface area contributed by atoms with Crippen LogP contribution in [0, 0.1) is 22.7 Å². The lowest BCUT2D eigenvalue weighted by Gasteiger charge is -2.52. The van der Waals surface area contributed by atoms with Crippen molar-refractivity contribution < 1.29 is 14.6 Å². The molecule has 36 heavy (non-hydrogen) atoms. The minimum atomic E-state index is -0.815. The molecule has 1 saturated heterocycles. The number of aliphatic hydroxyl groups excluding tert-OH is 1. The molecule has 1 aromatic carbocycles. The number of ether oxygens (including phenoxy) is 1. The summed E-state index contributed by atoms with van der Waals surface area (Å²) >= 11 is 6.48. The summed E-state index contributed by atoms with van der Waals surface area (Å²) < 4.78 is 6.62. The fourth-order valence-corrected chi connectivity index (χ4v) is 6.61. The summed E-state index contributed by atoms with van der Waals surface area (Å²) in [7, 11) is 0. The van der Waals surface area contributed by atoms with E-state index in [9.17, 15) is 15.2 Å². The maximum absolute atomic E-state index is 12.5. The number of hydrogen-bond donors (Lipinski definition) is 2. The lowest BCUT2D eigenvalue weighted by Crippen LogP contribution is -2.48. The second-order valence-electron chi connectivity index (χ2n) is 10.7. The summed E-state index contributed by atoms with van der Waals surface area (Å²) in [6.45, 7) is 2.00. The van der Waals surface area contributed by atoms with Crippen LogP contribution in [0.5, 0.6) is 5.75 Å². The number of nitrogens with two attached hydrogens (primary N) is 1. The lowest BCUT2D eigenvalue weighted by atomic mass is 9.58. The Kier molecular flexibility index (Phi) is 6.80. The van der Waals surface area contributed by atoms with Crippen LogP contribution in [0.3, 0.4) is 0 Å². The van der Waals surface area contributed by atoms with Crippen LogP contribution < -0.4 is 15.4 Å². The zero-order valence-electron chi connectivity index (χ0n) is 20.4. The number of aromatic nitrogens is 2. The highest BCUT2D eigenvalue weighted by molar-refractivity contribution is 6.32. The van der Waals surface area contributed by atoms with E-state index in [0.29, 0.717) is 46.1 Å². The Morgan fingerprint density at radius 2 is 1.89 bits per heavy atom. The molecule has 2 aromatic rings. The van der Waals surface area contributed by atoms with Gasteiger partial charge in [0.25, 0.3) is 5.91 Å². The molecule has 5 rings (SSSR count). The third-order valence-electron chi connectivity index (χ3n) is 8.38. The third kappa shape index (κ3) is 4.62. The molecule has 0 bridgehead atoms. The first-order chi connectivity index (χ1) is 17.4. The number of nitrogens with zero attached hydrogens (tertiary/aromatic N) is 4. The fraction of sp³-hybridized carbons (Fsp3) is 0.556. The van der Waals surface area contributed by atoms with Gasteiger partial charge in [0.2, 0.25) is 0 Å². The van der Waals surface area contributed by atoms with Crippen molar-refractivity contribution in [3.05, 3.63) is 46.1 Å². The highest BCUT2D eigenvalue weighted by Gasteiger charge is 2.46. The van der Waals surface area contributed by atoms with Gasteiger partial charge in [0.1, 0.15) is 11.4 Å². The second-order valence-corrected chi connectivity index (χ2v) is 11.1. The molecule has 3 aliphatic rings. The number of anilines is 1. The van der Waals surface area contributed by atoms with Gasteiger partial charge in [0.05, 0.1) is 16.7 Å². The van der Waals surface area contributed by atoms with Crippen molar-refractivity contribution >= 4 is 23.3 Å². The van der Waals surface area contributed by atoms with Gasteiger partial charge < -0.3 is 20.5 Å². The van der Waals surface area contributed by atoms with Gasteiger partial charge in [-0.15, -0.1) is 10.2 Å². The van der Waals surface area contributed by atoms with E-state index >= 15 is 0 Å². The quantitative estimate of drug-likeness (QED) is 0.593. The van der Waals surface area contributed by atoms with Gasteiger partial charge in [0.15, 0.2) is 11.5 Å². The summed E-state index contributed by atoms with van der Waals surface area (Å²) in [5, 5.41) is 27.7. The monoisotopic (exact) mass is 509 g/mol. The molecule has 0 radical (unpaired) electrons. The molecular formula is C27H32ClN5O3. The molecule has 190 valence electrons. The van der Waals surface area contributed by atoms with Gasteiger partial charge in [0, 0.05) is 25.3 Å². The molecule has 2 aliphatic carbocycles. The van der Waals surface area contributed by atoms with E-state index in [4.69, 9.17) is 22.1 Å². The molecule has 9 heteroatoms. The number of aliphatic hydroxyl groups is 1. The van der Waals surface area contributed by atoms with Crippen LogP contribution in [-0.2, 0) is 5.60 Å². The third-order valence-corrected chi connectivity index (χ3v) is 8.68. The normalized spacial score (nSPS) is 21.0. The summed E-state index contributed by atoms with van der Waals surface area (Å²) in [4.78, 5) is 14.7. The number of hydrogen-bond acceptors (Lipinski definition) is 7. The molecule has 1 amide bonds. The summed E-state index contributed by atoms with van der Waals surface area (Å²) in [5.41, 5.74) is 6.53. The molecule has 1 aromatic heterocycles. The van der Waals surface area contributed by atoms with Crippen molar-refractivity contribution in [2.24, 2.45) is 17.1 Å². The number of piperidine rings is 1. The van der Waals surface area contributed by atoms with Crippen LogP contribution in [0.4, 0.5) is 5.82 Å². The van der Waals surface area contributed by atoms with E-state index < -0.39 is 11.5 Å². The van der Waals surface area contributed by atoms with E-state index in [1.807, 2.05) is 6.07 Å². The van der Waals surface area contributed by atoms with Crippen molar-refractivity contribution in [1.29, 1.82) is 5.26 Å². The Hall–Kier alpha value is -2.89. The lowest BCUT2D eigenvalue weighted by molar-refractivity contribution is -0.00313. The van der Waals surface area contributed by atoms with Crippen LogP contribution >= 0.6 is 11.6 Å². The predicted molar refractivity (Wildman–Crippen MR) is 136 cm³/mol. The molecule has 1 spiro atoms. The topological polar surface area (TPSA) is 125 Å². The number of primary amides is 1. The van der Waals surface area contributed by atoms with Crippen LogP contribution in [0.15, 0.2) is 24.3 Å². The van der Waals surface area contributed by atoms with Crippen LogP contribution in [0.1, 0.15) is 79.4 Å². The number of amides is 1. The van der Waals surface area contributed by atoms with Crippen molar-refractivity contribution in [2.45, 2.75) is 63.4 Å². The maximum Gasteiger partial charge on any atom is 0.269 e. The zero-order valence-corrected chi connectivity index (χ0v) is 21.1. The van der Waals surface area contributed by atoms with Gasteiger partial charge >= 0.3 is 0 Å². The largest absolute Gasteiger partial charge is 0.481 e. The maximum atomic E-state index is 12.5. The molecule has 3 fully saturated rings. The summed E-state index contributed by atoms with van der Waals surface area (Å²) in [6.07, 6.45) is 8.63. The highest BCUT2D eigenvalue weighted by Crippen LogP contribution is 2.52. The second kappa shape index (κ2) is 9.87. The Labute approximate surface area is 216 Å². The average Bonchev–Trinajstić information content (AvgIpc) is 2.88. The van der Waals surface area contributed by atoms with Crippen LogP contribution in [0.2, 0.25) is 5.02 Å². The van der Waals surface area contributed by atoms with Gasteiger partial charge in [-0.2, -0.15) is 5.26 Å². The number of benzene rings is 1. The first-order valence-corrected chi connectivity index (χ1v) is 13.2. The van der Waals surface area contributed by atoms with Crippen LogP contribution in [-0.4, -0.2) is 40.9 Å². The first-order valence-electron chi connectivity index (χ1n) is 12.8. The Morgan fingerprint density at radius 1 is 1.17 bits per heavy atom. The number of carbonyl (C=O) groups is 1. The van der Waals surface area contributed by atoms with Gasteiger partial charge in [-0.3, -0.25) is 4.79 Å². The number of carbonyl (C=O) groups excluding carboxylic acids is 1. The van der Waals surface area contributed by atoms with E-state index in [1.54, 1.807) is 18.2 Å². The van der Waals surface area contributed by atoms with Crippen LogP contribution in [0.25, 0.3) is 0 Å². The molecular weight excluding hydrogens is 478 g/mol. The standard InChI is InChI=1S/C27H32ClN5O3/c28-21-12-18(16-29)4-5-22(21)36-27(6-2-1-3-7-27)20-13-23(31-32-24(20)25(30)35)33-10-8-26(9-11-33)14-19(15-26)17-34/h4-5,12-13,19,34H,1-3,6-11,14-15,17H2,(H2,30,35). The van der Waals surface area contributed by atoms with Gasteiger partial charge in [-0.1, -0.05) is 18.0 Å². The minimum absolute atomic E-state index is 0.128. The smallest absolute Gasteiger partial charge is 0.269 e. The Morgan fingerprint density at radius 3 is 2.50 bits per heavy atom. The zero-order chi connectivity index (χ0) is 25.3. The van der Waals surface area contributed by atoms with Crippen molar-refractivity contribution in [3.63, 3.8) is 0 Å². The van der Waals surface area contributed by atoms with E-state index in [0.717, 1.165) is 63.9 Å². The molecule has 1 aliphatic heterocycles. The highest BCUT2D eigenvalue weighted by atomic mass is 35.5. The number of halogens is 1. The summed E-state index contributed by atoms with van der Waals surface area (Å²) in [6, 6.07) is 9.00. The van der Waals surface area contributed by atoms with Crippen molar-refractivity contribution in [3.8, 4) is 11.8 Å². The fourth-order valence-electron chi connectivity index (χ4n) is 6.39. The van der Waals surface area contributed by atoms with Crippen molar-refractivity contribution in [1.82, 2.24) is 10.2 Å². The van der Waals surface area contributed by atoms with E-state index in [1.165, 1.54) is 0 Å². The molecule has 0 unspecified atom stereocenters. The van der Waals surface area contributed by atoms with Crippen molar-refractivity contribution in [2.75, 3.05) is 24.6 Å². The SMILES string of the molecule is N#Cc1ccc(OC2(c3cc(N4CCC5(CC4)CC(CO)C5)nnc3C(N)=O)CCCCC2)c(Cl)c1. The minimum Gasteiger partial charge on any atom is -0.481 e. The molecule has 2 heterocycles. The first kappa shape index (κ1) is 24.8. The van der Waals surface area contributed by atoms with E-state index in [-0.39, 0.29) is 12.3 Å². The average molecular weight is 510 g/mol. The number of rotatable bonds is 6. The Bertz CT molecular complexity index is 1170. The Balaban J connectivity index is 1.47. The van der Waals surface area contributed by atoms with Gasteiger partial charge in [-0.05, 0) is 87.0 Å². The number of nitriles is 1. The summed E-state index contributed by atoms with van der Waals surface area (Å²) in [5.74, 6) is 0.998.